The Balaban J connectivity index is 1.61. The lowest BCUT2D eigenvalue weighted by atomic mass is 10.2. The number of nitrogens with zero attached hydrogens (tertiary/aromatic N) is 1. The van der Waals surface area contributed by atoms with Crippen molar-refractivity contribution in [3.63, 3.8) is 0 Å². The number of hydrogen-bond donors (Lipinski definition) is 3. The lowest BCUT2D eigenvalue weighted by Crippen LogP contribution is -2.41. The van der Waals surface area contributed by atoms with Gasteiger partial charge in [0.1, 0.15) is 12.3 Å². The molecule has 3 heterocycles. The molecule has 8 heteroatoms. The van der Waals surface area contributed by atoms with E-state index < -0.39 is 6.04 Å². The van der Waals surface area contributed by atoms with Crippen LogP contribution < -0.4 is 10.6 Å². The van der Waals surface area contributed by atoms with Crippen LogP contribution >= 0.6 is 11.3 Å². The van der Waals surface area contributed by atoms with Crippen LogP contribution in [0.4, 0.5) is 5.82 Å². The number of rotatable bonds is 5. The zero-order chi connectivity index (χ0) is 17.1. The molecule has 7 nitrogen and oxygen atoms in total. The van der Waals surface area contributed by atoms with E-state index in [1.165, 1.54) is 18.6 Å². The number of H-pyrrole nitrogens is 1. The number of carbonyl (C=O) groups excluding carboxylic acids is 2. The maximum absolute atomic E-state index is 12.2. The van der Waals surface area contributed by atoms with Crippen LogP contribution in [-0.2, 0) is 4.79 Å². The van der Waals surface area contributed by atoms with Gasteiger partial charge in [-0.1, -0.05) is 0 Å². The lowest BCUT2D eigenvalue weighted by Gasteiger charge is -2.12. The number of aromatic nitrogens is 2. The Bertz CT molecular complexity index is 850. The predicted molar refractivity (Wildman–Crippen MR) is 90.9 cm³/mol. The van der Waals surface area contributed by atoms with Crippen molar-refractivity contribution in [3.8, 4) is 10.6 Å². The summed E-state index contributed by atoms with van der Waals surface area (Å²) in [5.74, 6) is -0.316. The molecular weight excluding hydrogens is 328 g/mol. The van der Waals surface area contributed by atoms with Crippen LogP contribution in [0.1, 0.15) is 22.8 Å². The minimum Gasteiger partial charge on any atom is -0.472 e. The van der Waals surface area contributed by atoms with E-state index in [0.29, 0.717) is 11.4 Å². The predicted octanol–water partition coefficient (Wildman–Crippen LogP) is 2.80. The van der Waals surface area contributed by atoms with Crippen molar-refractivity contribution in [1.29, 1.82) is 0 Å². The van der Waals surface area contributed by atoms with Crippen molar-refractivity contribution in [2.24, 2.45) is 0 Å². The first-order valence-electron chi connectivity index (χ1n) is 7.28. The number of amides is 2. The van der Waals surface area contributed by atoms with E-state index >= 15 is 0 Å². The quantitative estimate of drug-likeness (QED) is 0.662. The van der Waals surface area contributed by atoms with E-state index in [0.717, 1.165) is 16.1 Å². The van der Waals surface area contributed by atoms with Gasteiger partial charge in [0.05, 0.1) is 22.4 Å². The number of nitrogens with one attached hydrogen (secondary N) is 3. The van der Waals surface area contributed by atoms with Crippen LogP contribution in [0, 0.1) is 6.92 Å². The van der Waals surface area contributed by atoms with E-state index in [9.17, 15) is 9.59 Å². The smallest absolute Gasteiger partial charge is 0.255 e. The van der Waals surface area contributed by atoms with Crippen LogP contribution in [0.25, 0.3) is 10.6 Å². The Morgan fingerprint density at radius 1 is 1.38 bits per heavy atom. The molecule has 3 N–H and O–H groups in total. The normalized spacial score (nSPS) is 11.9. The Labute approximate surface area is 142 Å². The molecule has 1 atom stereocenters. The molecule has 3 rings (SSSR count). The van der Waals surface area contributed by atoms with Crippen molar-refractivity contribution in [2.45, 2.75) is 19.9 Å². The van der Waals surface area contributed by atoms with E-state index in [2.05, 4.69) is 20.8 Å². The number of furan rings is 1. The number of anilines is 1. The first-order chi connectivity index (χ1) is 11.5. The summed E-state index contributed by atoms with van der Waals surface area (Å²) in [7, 11) is 0. The van der Waals surface area contributed by atoms with Gasteiger partial charge in [-0.05, 0) is 36.9 Å². The lowest BCUT2D eigenvalue weighted by molar-refractivity contribution is -0.117. The summed E-state index contributed by atoms with van der Waals surface area (Å²) < 4.78 is 4.85. The molecule has 0 bridgehead atoms. The summed E-state index contributed by atoms with van der Waals surface area (Å²) in [6.07, 6.45) is 2.72. The molecule has 3 aromatic rings. The van der Waals surface area contributed by atoms with Gasteiger partial charge < -0.3 is 15.1 Å². The zero-order valence-electron chi connectivity index (χ0n) is 13.1. The van der Waals surface area contributed by atoms with Gasteiger partial charge in [0.15, 0.2) is 5.82 Å². The Kier molecular flexibility index (Phi) is 4.48. The largest absolute Gasteiger partial charge is 0.472 e. The van der Waals surface area contributed by atoms with E-state index in [1.54, 1.807) is 24.3 Å². The van der Waals surface area contributed by atoms with Gasteiger partial charge in [-0.2, -0.15) is 5.10 Å². The first kappa shape index (κ1) is 16.0. The number of hydrogen-bond acceptors (Lipinski definition) is 5. The van der Waals surface area contributed by atoms with Crippen molar-refractivity contribution in [2.75, 3.05) is 5.32 Å². The summed E-state index contributed by atoms with van der Waals surface area (Å²) >= 11 is 1.60. The summed E-state index contributed by atoms with van der Waals surface area (Å²) in [6.45, 7) is 3.61. The van der Waals surface area contributed by atoms with Crippen LogP contribution in [-0.4, -0.2) is 28.1 Å². The number of aromatic amines is 1. The van der Waals surface area contributed by atoms with Crippen molar-refractivity contribution < 1.29 is 14.0 Å². The highest BCUT2D eigenvalue weighted by Crippen LogP contribution is 2.28. The molecule has 0 spiro atoms. The molecule has 0 aliphatic heterocycles. The highest BCUT2D eigenvalue weighted by atomic mass is 32.1. The Morgan fingerprint density at radius 3 is 2.88 bits per heavy atom. The van der Waals surface area contributed by atoms with E-state index in [4.69, 9.17) is 4.42 Å². The Morgan fingerprint density at radius 2 is 2.21 bits per heavy atom. The van der Waals surface area contributed by atoms with Gasteiger partial charge in [-0.25, -0.2) is 0 Å². The minimum atomic E-state index is -0.712. The molecule has 1 unspecified atom stereocenters. The fourth-order valence-electron chi connectivity index (χ4n) is 2.12. The average molecular weight is 344 g/mol. The summed E-state index contributed by atoms with van der Waals surface area (Å²) in [6, 6.07) is 4.60. The van der Waals surface area contributed by atoms with Crippen molar-refractivity contribution in [1.82, 2.24) is 15.5 Å². The minimum absolute atomic E-state index is 0.354. The third-order valence-corrected chi connectivity index (χ3v) is 4.51. The molecule has 24 heavy (non-hydrogen) atoms. The molecule has 2 amide bonds. The average Bonchev–Trinajstić information content (AvgIpc) is 3.27. The monoisotopic (exact) mass is 344 g/mol. The van der Waals surface area contributed by atoms with E-state index in [-0.39, 0.29) is 11.8 Å². The maximum atomic E-state index is 12.2. The fraction of sp³-hybridized carbons (Fsp3) is 0.188. The second-order valence-electron chi connectivity index (χ2n) is 5.30. The third-order valence-electron chi connectivity index (χ3n) is 3.46. The molecule has 124 valence electrons. The molecule has 0 saturated carbocycles. The zero-order valence-corrected chi connectivity index (χ0v) is 13.9. The van der Waals surface area contributed by atoms with Crippen LogP contribution in [0.2, 0.25) is 0 Å². The van der Waals surface area contributed by atoms with Gasteiger partial charge in [0.25, 0.3) is 5.91 Å². The van der Waals surface area contributed by atoms with Crippen LogP contribution in [0.5, 0.6) is 0 Å². The second-order valence-corrected chi connectivity index (χ2v) is 6.21. The molecule has 0 aliphatic carbocycles. The molecule has 3 aromatic heterocycles. The number of carbonyl (C=O) groups is 2. The maximum Gasteiger partial charge on any atom is 0.255 e. The fourth-order valence-corrected chi connectivity index (χ4v) is 3.02. The summed E-state index contributed by atoms with van der Waals surface area (Å²) in [5.41, 5.74) is 2.35. The topological polar surface area (TPSA) is 100 Å². The van der Waals surface area contributed by atoms with Crippen LogP contribution in [0.3, 0.4) is 0 Å². The second kappa shape index (κ2) is 6.71. The standard InChI is InChI=1S/C16H16N4O3S/c1-9-4-6-24-14(9)12-7-13(20-19-12)18-15(21)10(2)17-16(22)11-3-5-23-8-11/h3-8,10H,1-2H3,(H,17,22)(H2,18,19,20,21). The highest BCUT2D eigenvalue weighted by Gasteiger charge is 2.18. The molecule has 0 fully saturated rings. The van der Waals surface area contributed by atoms with Gasteiger partial charge >= 0.3 is 0 Å². The molecule has 0 radical (unpaired) electrons. The Hall–Kier alpha value is -2.87. The molecule has 0 aliphatic rings. The van der Waals surface area contributed by atoms with Gasteiger partial charge in [0, 0.05) is 6.07 Å². The van der Waals surface area contributed by atoms with Gasteiger partial charge in [0.2, 0.25) is 5.91 Å². The highest BCUT2D eigenvalue weighted by molar-refractivity contribution is 7.13. The van der Waals surface area contributed by atoms with Crippen LogP contribution in [0.15, 0.2) is 40.5 Å². The number of thiophene rings is 1. The van der Waals surface area contributed by atoms with E-state index in [1.807, 2.05) is 18.4 Å². The molecular formula is C16H16N4O3S. The summed E-state index contributed by atoms with van der Waals surface area (Å²) in [4.78, 5) is 25.2. The molecule has 0 saturated heterocycles. The first-order valence-corrected chi connectivity index (χ1v) is 8.16. The van der Waals surface area contributed by atoms with Gasteiger partial charge in [-0.3, -0.25) is 14.7 Å². The van der Waals surface area contributed by atoms with Crippen molar-refractivity contribution >= 4 is 29.0 Å². The van der Waals surface area contributed by atoms with Gasteiger partial charge in [-0.15, -0.1) is 11.3 Å². The third kappa shape index (κ3) is 3.38. The SMILES string of the molecule is Cc1ccsc1-c1cc(NC(=O)C(C)NC(=O)c2ccoc2)n[nH]1. The summed E-state index contributed by atoms with van der Waals surface area (Å²) in [5, 5.41) is 14.3. The van der Waals surface area contributed by atoms with Crippen molar-refractivity contribution in [3.05, 3.63) is 47.2 Å². The number of aryl methyl sites for hydroxylation is 1. The molecule has 0 aromatic carbocycles.